The molecule has 126 valence electrons. The van der Waals surface area contributed by atoms with Crippen molar-refractivity contribution in [3.63, 3.8) is 0 Å². The molecule has 0 radical (unpaired) electrons. The first-order valence-corrected chi connectivity index (χ1v) is 7.20. The number of hydrogen-bond donors (Lipinski definition) is 1. The molecular formula is C16H19N5O3. The Morgan fingerprint density at radius 1 is 1.12 bits per heavy atom. The summed E-state index contributed by atoms with van der Waals surface area (Å²) >= 11 is 0. The zero-order chi connectivity index (χ0) is 17.9. The highest BCUT2D eigenvalue weighted by atomic mass is 16.6. The van der Waals surface area contributed by atoms with Gasteiger partial charge in [0.25, 0.3) is 11.6 Å². The highest BCUT2D eigenvalue weighted by Crippen LogP contribution is 2.28. The van der Waals surface area contributed by atoms with Crippen LogP contribution in [0.15, 0.2) is 36.5 Å². The van der Waals surface area contributed by atoms with E-state index in [2.05, 4.69) is 10.3 Å². The summed E-state index contributed by atoms with van der Waals surface area (Å²) in [5, 5.41) is 13.9. The number of pyridine rings is 1. The predicted octanol–water partition coefficient (Wildman–Crippen LogP) is 2.37. The molecule has 8 nitrogen and oxygen atoms in total. The van der Waals surface area contributed by atoms with Crippen molar-refractivity contribution in [3.05, 3.63) is 52.2 Å². The van der Waals surface area contributed by atoms with E-state index in [0.29, 0.717) is 11.4 Å². The Hall–Kier alpha value is -3.16. The van der Waals surface area contributed by atoms with Crippen molar-refractivity contribution in [3.8, 4) is 0 Å². The largest absolute Gasteiger partial charge is 0.372 e. The number of amides is 1. The number of anilines is 3. The normalized spacial score (nSPS) is 10.2. The Kier molecular flexibility index (Phi) is 4.98. The topological polar surface area (TPSA) is 91.6 Å². The van der Waals surface area contributed by atoms with Gasteiger partial charge in [-0.2, -0.15) is 0 Å². The first-order valence-electron chi connectivity index (χ1n) is 7.20. The summed E-state index contributed by atoms with van der Waals surface area (Å²) in [5.74, 6) is 0.335. The lowest BCUT2D eigenvalue weighted by molar-refractivity contribution is -0.384. The van der Waals surface area contributed by atoms with Gasteiger partial charge in [-0.15, -0.1) is 0 Å². The number of nitro benzene ring substituents is 1. The summed E-state index contributed by atoms with van der Waals surface area (Å²) in [5.41, 5.74) is 1.05. The highest BCUT2D eigenvalue weighted by molar-refractivity contribution is 6.05. The zero-order valence-corrected chi connectivity index (χ0v) is 14.0. The van der Waals surface area contributed by atoms with Crippen molar-refractivity contribution in [2.75, 3.05) is 43.3 Å². The number of nitro groups is 1. The van der Waals surface area contributed by atoms with Crippen molar-refractivity contribution in [2.45, 2.75) is 0 Å². The molecule has 1 amide bonds. The average molecular weight is 329 g/mol. The predicted molar refractivity (Wildman–Crippen MR) is 93.9 cm³/mol. The Morgan fingerprint density at radius 3 is 2.33 bits per heavy atom. The average Bonchev–Trinajstić information content (AvgIpc) is 2.54. The molecule has 1 aromatic heterocycles. The van der Waals surface area contributed by atoms with Gasteiger partial charge in [0.05, 0.1) is 16.8 Å². The van der Waals surface area contributed by atoms with Crippen LogP contribution in [0.5, 0.6) is 0 Å². The van der Waals surface area contributed by atoms with Gasteiger partial charge in [-0.3, -0.25) is 14.9 Å². The number of nitrogens with one attached hydrogen (secondary N) is 1. The number of benzene rings is 1. The van der Waals surface area contributed by atoms with Crippen LogP contribution in [0.2, 0.25) is 0 Å². The molecule has 2 aromatic rings. The molecule has 8 heteroatoms. The monoisotopic (exact) mass is 329 g/mol. The van der Waals surface area contributed by atoms with E-state index in [1.807, 2.05) is 19.0 Å². The molecule has 1 N–H and O–H groups in total. The molecule has 1 aromatic carbocycles. The van der Waals surface area contributed by atoms with Crippen LogP contribution in [0.25, 0.3) is 0 Å². The van der Waals surface area contributed by atoms with Gasteiger partial charge in [0.15, 0.2) is 0 Å². The molecule has 0 atom stereocenters. The van der Waals surface area contributed by atoms with Crippen molar-refractivity contribution in [1.29, 1.82) is 0 Å². The minimum Gasteiger partial charge on any atom is -0.372 e. The number of rotatable bonds is 5. The molecule has 2 rings (SSSR count). The van der Waals surface area contributed by atoms with Gasteiger partial charge in [-0.25, -0.2) is 4.98 Å². The minimum atomic E-state index is -0.500. The fraction of sp³-hybridized carbons (Fsp3) is 0.250. The van der Waals surface area contributed by atoms with Gasteiger partial charge in [0.1, 0.15) is 11.5 Å². The maximum atomic E-state index is 12.3. The van der Waals surface area contributed by atoms with Crippen molar-refractivity contribution in [2.24, 2.45) is 0 Å². The molecule has 0 spiro atoms. The maximum absolute atomic E-state index is 12.3. The van der Waals surface area contributed by atoms with Gasteiger partial charge in [-0.05, 0) is 24.3 Å². The van der Waals surface area contributed by atoms with Crippen LogP contribution in [-0.2, 0) is 0 Å². The lowest BCUT2D eigenvalue weighted by Crippen LogP contribution is -2.15. The molecule has 0 unspecified atom stereocenters. The van der Waals surface area contributed by atoms with Crippen molar-refractivity contribution in [1.82, 2.24) is 4.98 Å². The van der Waals surface area contributed by atoms with Crippen molar-refractivity contribution >= 4 is 28.8 Å². The fourth-order valence-electron chi connectivity index (χ4n) is 2.12. The van der Waals surface area contributed by atoms with Crippen LogP contribution in [0.3, 0.4) is 0 Å². The van der Waals surface area contributed by atoms with Gasteiger partial charge < -0.3 is 15.1 Å². The van der Waals surface area contributed by atoms with Crippen LogP contribution in [0.1, 0.15) is 10.4 Å². The second kappa shape index (κ2) is 6.95. The Bertz CT molecular complexity index is 757. The first-order chi connectivity index (χ1) is 11.3. The lowest BCUT2D eigenvalue weighted by Gasteiger charge is -2.14. The summed E-state index contributed by atoms with van der Waals surface area (Å²) in [6.45, 7) is 0. The number of carbonyl (C=O) groups excluding carboxylic acids is 1. The maximum Gasteiger partial charge on any atom is 0.293 e. The smallest absolute Gasteiger partial charge is 0.293 e. The number of nitrogens with zero attached hydrogens (tertiary/aromatic N) is 4. The molecule has 0 aliphatic carbocycles. The van der Waals surface area contributed by atoms with Crippen LogP contribution in [-0.4, -0.2) is 44.0 Å². The third-order valence-corrected chi connectivity index (χ3v) is 3.38. The Labute approximate surface area is 139 Å². The Morgan fingerprint density at radius 2 is 1.83 bits per heavy atom. The molecule has 1 heterocycles. The fourth-order valence-corrected chi connectivity index (χ4v) is 2.12. The molecule has 24 heavy (non-hydrogen) atoms. The van der Waals surface area contributed by atoms with Crippen LogP contribution >= 0.6 is 0 Å². The summed E-state index contributed by atoms with van der Waals surface area (Å²) < 4.78 is 0. The van der Waals surface area contributed by atoms with Crippen molar-refractivity contribution < 1.29 is 9.72 Å². The molecule has 0 bridgehead atoms. The van der Waals surface area contributed by atoms with E-state index < -0.39 is 10.8 Å². The summed E-state index contributed by atoms with van der Waals surface area (Å²) in [6, 6.07) is 7.88. The molecule has 0 saturated heterocycles. The van der Waals surface area contributed by atoms with E-state index in [4.69, 9.17) is 0 Å². The van der Waals surface area contributed by atoms with E-state index in [0.717, 1.165) is 5.82 Å². The molecule has 0 aliphatic rings. The quantitative estimate of drug-likeness (QED) is 0.669. The SMILES string of the molecule is CN(C)c1ccc(NC(=O)c2ccc(N(C)C)c([N+](=O)[O-])c2)cn1. The second-order valence-corrected chi connectivity index (χ2v) is 5.61. The van der Waals surface area contributed by atoms with Gasteiger partial charge in [0, 0.05) is 39.8 Å². The number of aromatic nitrogens is 1. The van der Waals surface area contributed by atoms with Gasteiger partial charge in [-0.1, -0.05) is 0 Å². The van der Waals surface area contributed by atoms with Gasteiger partial charge >= 0.3 is 0 Å². The second-order valence-electron chi connectivity index (χ2n) is 5.61. The van der Waals surface area contributed by atoms with Crippen LogP contribution < -0.4 is 15.1 Å². The molecule has 0 saturated carbocycles. The third kappa shape index (κ3) is 3.78. The first kappa shape index (κ1) is 17.2. The summed E-state index contributed by atoms with van der Waals surface area (Å²) in [7, 11) is 7.15. The summed E-state index contributed by atoms with van der Waals surface area (Å²) in [6.07, 6.45) is 1.54. The Balaban J connectivity index is 2.23. The zero-order valence-electron chi connectivity index (χ0n) is 14.0. The molecule has 0 fully saturated rings. The third-order valence-electron chi connectivity index (χ3n) is 3.38. The van der Waals surface area contributed by atoms with E-state index >= 15 is 0 Å². The van der Waals surface area contributed by atoms with Crippen LogP contribution in [0, 0.1) is 10.1 Å². The number of carbonyl (C=O) groups is 1. The summed E-state index contributed by atoms with van der Waals surface area (Å²) in [4.78, 5) is 30.7. The standard InChI is InChI=1S/C16H19N5O3/c1-19(2)13-7-5-11(9-14(13)21(23)24)16(22)18-12-6-8-15(17-10-12)20(3)4/h5-10H,1-4H3,(H,18,22). The number of hydrogen-bond acceptors (Lipinski definition) is 6. The highest BCUT2D eigenvalue weighted by Gasteiger charge is 2.19. The van der Waals surface area contributed by atoms with Gasteiger partial charge in [0.2, 0.25) is 0 Å². The van der Waals surface area contributed by atoms with E-state index in [1.165, 1.54) is 12.3 Å². The minimum absolute atomic E-state index is 0.117. The van der Waals surface area contributed by atoms with E-state index in [1.54, 1.807) is 43.3 Å². The molecule has 0 aliphatic heterocycles. The van der Waals surface area contributed by atoms with Crippen LogP contribution in [0.4, 0.5) is 22.9 Å². The lowest BCUT2D eigenvalue weighted by atomic mass is 10.1. The van der Waals surface area contributed by atoms with E-state index in [9.17, 15) is 14.9 Å². The van der Waals surface area contributed by atoms with E-state index in [-0.39, 0.29) is 11.3 Å². The molecular weight excluding hydrogens is 310 g/mol.